The quantitative estimate of drug-likeness (QED) is 0.851. The van der Waals surface area contributed by atoms with Gasteiger partial charge in [0.25, 0.3) is 5.91 Å². The van der Waals surface area contributed by atoms with Crippen LogP contribution in [-0.4, -0.2) is 42.1 Å². The van der Waals surface area contributed by atoms with Gasteiger partial charge in [-0.1, -0.05) is 6.07 Å². The monoisotopic (exact) mass is 352 g/mol. The molecule has 3 heterocycles. The number of carbonyl (C=O) groups excluding carboxylic acids is 1. The first-order chi connectivity index (χ1) is 12.7. The lowest BCUT2D eigenvalue weighted by molar-refractivity contribution is 0.0672. The lowest BCUT2D eigenvalue weighted by atomic mass is 9.91. The van der Waals surface area contributed by atoms with Gasteiger partial charge in [0.05, 0.1) is 0 Å². The summed E-state index contributed by atoms with van der Waals surface area (Å²) in [5.74, 6) is 1.95. The van der Waals surface area contributed by atoms with Crippen LogP contribution in [0.2, 0.25) is 0 Å². The number of hydrogen-bond donors (Lipinski definition) is 0. The first kappa shape index (κ1) is 16.9. The number of aryl methyl sites for hydroxylation is 1. The van der Waals surface area contributed by atoms with Crippen molar-refractivity contribution in [2.45, 2.75) is 26.2 Å². The van der Waals surface area contributed by atoms with Crippen molar-refractivity contribution in [3.05, 3.63) is 53.3 Å². The molecule has 0 saturated carbocycles. The largest absolute Gasteiger partial charge is 0.486 e. The van der Waals surface area contributed by atoms with Crippen molar-refractivity contribution in [3.63, 3.8) is 0 Å². The number of pyridine rings is 1. The summed E-state index contributed by atoms with van der Waals surface area (Å²) in [5.41, 5.74) is 2.95. The van der Waals surface area contributed by atoms with E-state index >= 15 is 0 Å². The fourth-order valence-electron chi connectivity index (χ4n) is 3.73. The predicted molar refractivity (Wildman–Crippen MR) is 98.7 cm³/mol. The highest BCUT2D eigenvalue weighted by molar-refractivity contribution is 5.95. The number of carbonyl (C=O) groups is 1. The molecule has 4 rings (SSSR count). The molecule has 1 aromatic heterocycles. The molecule has 0 bridgehead atoms. The Bertz CT molecular complexity index is 788. The molecular weight excluding hydrogens is 328 g/mol. The normalized spacial score (nSPS) is 19.3. The van der Waals surface area contributed by atoms with E-state index in [2.05, 4.69) is 17.1 Å². The molecule has 0 aliphatic carbocycles. The van der Waals surface area contributed by atoms with E-state index in [-0.39, 0.29) is 5.91 Å². The molecule has 1 amide bonds. The van der Waals surface area contributed by atoms with Gasteiger partial charge in [-0.2, -0.15) is 0 Å². The van der Waals surface area contributed by atoms with Crippen LogP contribution in [0.5, 0.6) is 11.5 Å². The minimum Gasteiger partial charge on any atom is -0.486 e. The first-order valence-corrected chi connectivity index (χ1v) is 9.29. The van der Waals surface area contributed by atoms with E-state index in [9.17, 15) is 4.79 Å². The summed E-state index contributed by atoms with van der Waals surface area (Å²) in [7, 11) is 0. The Morgan fingerprint density at radius 1 is 1.19 bits per heavy atom. The standard InChI is InChI=1S/C21H24N2O3/c1-15-4-5-16(13-22-15)11-17-3-2-8-23(14-17)21(24)18-6-7-19-20(12-18)26-10-9-25-19/h4-7,12-13,17H,2-3,8-11,14H2,1H3/t17-/m1/s1. The number of rotatable bonds is 3. The van der Waals surface area contributed by atoms with E-state index in [1.54, 1.807) is 0 Å². The highest BCUT2D eigenvalue weighted by Gasteiger charge is 2.25. The van der Waals surface area contributed by atoms with E-state index in [4.69, 9.17) is 9.47 Å². The molecule has 0 N–H and O–H groups in total. The van der Waals surface area contributed by atoms with Gasteiger partial charge >= 0.3 is 0 Å². The van der Waals surface area contributed by atoms with Crippen molar-refractivity contribution in [1.82, 2.24) is 9.88 Å². The zero-order valence-corrected chi connectivity index (χ0v) is 15.1. The summed E-state index contributed by atoms with van der Waals surface area (Å²) in [4.78, 5) is 19.3. The molecule has 0 unspecified atom stereocenters. The van der Waals surface area contributed by atoms with Crippen LogP contribution in [0.4, 0.5) is 0 Å². The number of benzene rings is 1. The molecule has 26 heavy (non-hydrogen) atoms. The molecule has 5 nitrogen and oxygen atoms in total. The SMILES string of the molecule is Cc1ccc(C[C@H]2CCCN(C(=O)c3ccc4c(c3)OCCO4)C2)cn1. The van der Waals surface area contributed by atoms with Crippen LogP contribution in [0.1, 0.15) is 34.5 Å². The second kappa shape index (κ2) is 7.36. The van der Waals surface area contributed by atoms with Crippen LogP contribution < -0.4 is 9.47 Å². The summed E-state index contributed by atoms with van der Waals surface area (Å²) >= 11 is 0. The lowest BCUT2D eigenvalue weighted by Gasteiger charge is -2.33. The third kappa shape index (κ3) is 3.66. The number of aromatic nitrogens is 1. The summed E-state index contributed by atoms with van der Waals surface area (Å²) < 4.78 is 11.1. The van der Waals surface area contributed by atoms with Crippen molar-refractivity contribution in [1.29, 1.82) is 0 Å². The van der Waals surface area contributed by atoms with Crippen molar-refractivity contribution in [2.24, 2.45) is 5.92 Å². The second-order valence-electron chi connectivity index (χ2n) is 7.13. The highest BCUT2D eigenvalue weighted by atomic mass is 16.6. The minimum atomic E-state index is 0.0775. The summed E-state index contributed by atoms with van der Waals surface area (Å²) in [6.45, 7) is 4.69. The van der Waals surface area contributed by atoms with Gasteiger partial charge in [0.1, 0.15) is 13.2 Å². The zero-order chi connectivity index (χ0) is 17.9. The van der Waals surface area contributed by atoms with Crippen molar-refractivity contribution >= 4 is 5.91 Å². The number of nitrogens with zero attached hydrogens (tertiary/aromatic N) is 2. The maximum absolute atomic E-state index is 12.9. The molecule has 0 radical (unpaired) electrons. The highest BCUT2D eigenvalue weighted by Crippen LogP contribution is 2.31. The third-order valence-electron chi connectivity index (χ3n) is 5.09. The fourth-order valence-corrected chi connectivity index (χ4v) is 3.73. The fraction of sp³-hybridized carbons (Fsp3) is 0.429. The number of ether oxygens (including phenoxy) is 2. The van der Waals surface area contributed by atoms with Crippen LogP contribution in [0.25, 0.3) is 0 Å². The van der Waals surface area contributed by atoms with Gasteiger partial charge in [0, 0.05) is 30.5 Å². The van der Waals surface area contributed by atoms with Gasteiger partial charge in [-0.05, 0) is 61.9 Å². The maximum atomic E-state index is 12.9. The minimum absolute atomic E-state index is 0.0775. The number of piperidine rings is 1. The van der Waals surface area contributed by atoms with E-state index < -0.39 is 0 Å². The van der Waals surface area contributed by atoms with E-state index in [0.717, 1.165) is 43.8 Å². The average Bonchev–Trinajstić information content (AvgIpc) is 2.69. The van der Waals surface area contributed by atoms with Crippen LogP contribution in [0.15, 0.2) is 36.5 Å². The van der Waals surface area contributed by atoms with Crippen LogP contribution in [0.3, 0.4) is 0 Å². The van der Waals surface area contributed by atoms with E-state index in [0.29, 0.717) is 30.4 Å². The van der Waals surface area contributed by atoms with Crippen molar-refractivity contribution < 1.29 is 14.3 Å². The van der Waals surface area contributed by atoms with E-state index in [1.807, 2.05) is 36.2 Å². The molecule has 2 aliphatic rings. The molecular formula is C21H24N2O3. The first-order valence-electron chi connectivity index (χ1n) is 9.29. The Labute approximate surface area is 153 Å². The average molecular weight is 352 g/mol. The Balaban J connectivity index is 1.43. The molecule has 136 valence electrons. The van der Waals surface area contributed by atoms with Gasteiger partial charge in [0.15, 0.2) is 11.5 Å². The number of likely N-dealkylation sites (tertiary alicyclic amines) is 1. The van der Waals surface area contributed by atoms with Gasteiger partial charge in [0.2, 0.25) is 0 Å². The molecule has 2 aromatic rings. The van der Waals surface area contributed by atoms with Crippen LogP contribution in [0, 0.1) is 12.8 Å². The second-order valence-corrected chi connectivity index (χ2v) is 7.13. The summed E-state index contributed by atoms with van der Waals surface area (Å²) in [6.07, 6.45) is 5.12. The third-order valence-corrected chi connectivity index (χ3v) is 5.09. The zero-order valence-electron chi connectivity index (χ0n) is 15.1. The van der Waals surface area contributed by atoms with Gasteiger partial charge in [-0.15, -0.1) is 0 Å². The lowest BCUT2D eigenvalue weighted by Crippen LogP contribution is -2.40. The summed E-state index contributed by atoms with van der Waals surface area (Å²) in [5, 5.41) is 0. The molecule has 2 aliphatic heterocycles. The number of fused-ring (bicyclic) bond motifs is 1. The molecule has 1 fully saturated rings. The number of hydrogen-bond acceptors (Lipinski definition) is 4. The van der Waals surface area contributed by atoms with Crippen molar-refractivity contribution in [2.75, 3.05) is 26.3 Å². The topological polar surface area (TPSA) is 51.7 Å². The Kier molecular flexibility index (Phi) is 4.78. The van der Waals surface area contributed by atoms with Crippen LogP contribution in [-0.2, 0) is 6.42 Å². The van der Waals surface area contributed by atoms with Crippen molar-refractivity contribution in [3.8, 4) is 11.5 Å². The summed E-state index contributed by atoms with van der Waals surface area (Å²) in [6, 6.07) is 9.68. The Hall–Kier alpha value is -2.56. The maximum Gasteiger partial charge on any atom is 0.254 e. The van der Waals surface area contributed by atoms with E-state index in [1.165, 1.54) is 5.56 Å². The Morgan fingerprint density at radius 2 is 2.04 bits per heavy atom. The van der Waals surface area contributed by atoms with Crippen LogP contribution >= 0.6 is 0 Å². The molecule has 1 aromatic carbocycles. The van der Waals surface area contributed by atoms with Gasteiger partial charge in [-0.25, -0.2) is 0 Å². The van der Waals surface area contributed by atoms with Gasteiger partial charge in [-0.3, -0.25) is 9.78 Å². The molecule has 1 saturated heterocycles. The molecule has 1 atom stereocenters. The molecule has 5 heteroatoms. The number of amides is 1. The smallest absolute Gasteiger partial charge is 0.254 e. The molecule has 0 spiro atoms. The Morgan fingerprint density at radius 3 is 2.85 bits per heavy atom. The van der Waals surface area contributed by atoms with Gasteiger partial charge < -0.3 is 14.4 Å². The predicted octanol–water partition coefficient (Wildman–Crippen LogP) is 3.26.